The van der Waals surface area contributed by atoms with Gasteiger partial charge in [0.2, 0.25) is 5.89 Å². The lowest BCUT2D eigenvalue weighted by molar-refractivity contribution is 0.0897. The molecule has 7 heteroatoms. The molecule has 1 fully saturated rings. The molecule has 4 rings (SSSR count). The molecule has 23 heavy (non-hydrogen) atoms. The third kappa shape index (κ3) is 3.09. The van der Waals surface area contributed by atoms with Crippen LogP contribution in [0.5, 0.6) is 0 Å². The Labute approximate surface area is 133 Å². The van der Waals surface area contributed by atoms with E-state index in [0.717, 1.165) is 30.7 Å². The van der Waals surface area contributed by atoms with Crippen LogP contribution in [0.25, 0.3) is 5.69 Å². The van der Waals surface area contributed by atoms with Crippen molar-refractivity contribution >= 4 is 6.01 Å². The molecule has 0 aliphatic carbocycles. The average Bonchev–Trinajstić information content (AvgIpc) is 3.35. The summed E-state index contributed by atoms with van der Waals surface area (Å²) in [6, 6.07) is 10.5. The molecule has 0 unspecified atom stereocenters. The summed E-state index contributed by atoms with van der Waals surface area (Å²) in [4.78, 5) is 0. The largest absolute Gasteiger partial charge is 0.405 e. The number of aromatic nitrogens is 4. The minimum Gasteiger partial charge on any atom is -0.405 e. The molecule has 2 aromatic heterocycles. The molecule has 1 N–H and O–H groups in total. The summed E-state index contributed by atoms with van der Waals surface area (Å²) in [6.07, 6.45) is 5.61. The molecule has 1 aliphatic rings. The topological polar surface area (TPSA) is 78.0 Å². The number of nitrogens with one attached hydrogen (secondary N) is 1. The number of ether oxygens (including phenoxy) is 1. The SMILES string of the molecule is c1cnn(-c2ccc(CNc3nnc([C@H]4CCCO4)o3)cc2)c1. The van der Waals surface area contributed by atoms with E-state index in [1.807, 2.05) is 41.2 Å². The molecule has 3 heterocycles. The molecule has 3 aromatic rings. The van der Waals surface area contributed by atoms with Crippen LogP contribution in [0.1, 0.15) is 30.4 Å². The molecule has 118 valence electrons. The zero-order chi connectivity index (χ0) is 15.5. The van der Waals surface area contributed by atoms with Gasteiger partial charge in [0.05, 0.1) is 5.69 Å². The molecule has 1 aliphatic heterocycles. The molecule has 0 radical (unpaired) electrons. The number of nitrogens with zero attached hydrogens (tertiary/aromatic N) is 4. The van der Waals surface area contributed by atoms with Crippen molar-refractivity contribution in [3.8, 4) is 5.69 Å². The highest BCUT2D eigenvalue weighted by Crippen LogP contribution is 2.28. The van der Waals surface area contributed by atoms with Gasteiger partial charge >= 0.3 is 6.01 Å². The van der Waals surface area contributed by atoms with Gasteiger partial charge in [0, 0.05) is 25.5 Å². The van der Waals surface area contributed by atoms with Crippen molar-refractivity contribution < 1.29 is 9.15 Å². The number of benzene rings is 1. The van der Waals surface area contributed by atoms with Crippen molar-refractivity contribution in [3.05, 3.63) is 54.2 Å². The Morgan fingerprint density at radius 2 is 2.13 bits per heavy atom. The molecule has 0 amide bonds. The van der Waals surface area contributed by atoms with Crippen LogP contribution < -0.4 is 5.32 Å². The van der Waals surface area contributed by atoms with E-state index in [1.54, 1.807) is 6.20 Å². The number of anilines is 1. The van der Waals surface area contributed by atoms with Gasteiger partial charge in [0.15, 0.2) is 0 Å². The van der Waals surface area contributed by atoms with Gasteiger partial charge in [0.25, 0.3) is 0 Å². The molecule has 0 saturated carbocycles. The number of hydrogen-bond acceptors (Lipinski definition) is 6. The lowest BCUT2D eigenvalue weighted by atomic mass is 10.2. The van der Waals surface area contributed by atoms with Crippen molar-refractivity contribution in [2.24, 2.45) is 0 Å². The van der Waals surface area contributed by atoms with Crippen LogP contribution in [0, 0.1) is 0 Å². The van der Waals surface area contributed by atoms with E-state index >= 15 is 0 Å². The predicted octanol–water partition coefficient (Wildman–Crippen LogP) is 2.72. The fraction of sp³-hybridized carbons (Fsp3) is 0.312. The summed E-state index contributed by atoms with van der Waals surface area (Å²) in [5.41, 5.74) is 2.15. The van der Waals surface area contributed by atoms with Gasteiger partial charge in [-0.25, -0.2) is 4.68 Å². The van der Waals surface area contributed by atoms with Crippen LogP contribution in [0.2, 0.25) is 0 Å². The number of rotatable bonds is 5. The van der Waals surface area contributed by atoms with E-state index in [0.29, 0.717) is 18.5 Å². The Balaban J connectivity index is 1.37. The van der Waals surface area contributed by atoms with E-state index in [2.05, 4.69) is 20.6 Å². The standard InChI is InChI=1S/C16H17N5O2/c1-3-14(22-10-1)15-19-20-16(23-15)17-11-12-4-6-13(7-5-12)21-9-2-8-18-21/h2,4-9,14H,1,3,10-11H2,(H,17,20)/t14-/m1/s1. The summed E-state index contributed by atoms with van der Waals surface area (Å²) in [5.74, 6) is 0.555. The van der Waals surface area contributed by atoms with Crippen molar-refractivity contribution in [2.75, 3.05) is 11.9 Å². The first-order valence-electron chi connectivity index (χ1n) is 7.66. The maximum Gasteiger partial charge on any atom is 0.315 e. The Kier molecular flexibility index (Phi) is 3.77. The second kappa shape index (κ2) is 6.21. The maximum absolute atomic E-state index is 5.60. The minimum absolute atomic E-state index is 0.0496. The van der Waals surface area contributed by atoms with Crippen LogP contribution in [-0.4, -0.2) is 26.6 Å². The quantitative estimate of drug-likeness (QED) is 0.780. The van der Waals surface area contributed by atoms with Crippen molar-refractivity contribution in [1.29, 1.82) is 0 Å². The van der Waals surface area contributed by atoms with Crippen LogP contribution in [0.3, 0.4) is 0 Å². The van der Waals surface area contributed by atoms with Crippen molar-refractivity contribution in [3.63, 3.8) is 0 Å². The van der Waals surface area contributed by atoms with Gasteiger partial charge in [-0.15, -0.1) is 5.10 Å². The van der Waals surface area contributed by atoms with E-state index in [-0.39, 0.29) is 6.10 Å². The van der Waals surface area contributed by atoms with Crippen LogP contribution >= 0.6 is 0 Å². The minimum atomic E-state index is -0.0496. The first-order valence-corrected chi connectivity index (χ1v) is 7.66. The zero-order valence-corrected chi connectivity index (χ0v) is 12.6. The third-order valence-corrected chi connectivity index (χ3v) is 3.79. The Hall–Kier alpha value is -2.67. The van der Waals surface area contributed by atoms with Gasteiger partial charge in [-0.05, 0) is 36.6 Å². The lowest BCUT2D eigenvalue weighted by Gasteiger charge is -2.05. The smallest absolute Gasteiger partial charge is 0.315 e. The Bertz CT molecular complexity index is 745. The van der Waals surface area contributed by atoms with E-state index in [1.165, 1.54) is 0 Å². The second-order valence-electron chi connectivity index (χ2n) is 5.42. The molecular weight excluding hydrogens is 294 g/mol. The highest BCUT2D eigenvalue weighted by Gasteiger charge is 2.23. The van der Waals surface area contributed by atoms with E-state index in [9.17, 15) is 0 Å². The normalized spacial score (nSPS) is 17.5. The summed E-state index contributed by atoms with van der Waals surface area (Å²) < 4.78 is 13.0. The summed E-state index contributed by atoms with van der Waals surface area (Å²) in [5, 5.41) is 15.4. The second-order valence-corrected chi connectivity index (χ2v) is 5.42. The van der Waals surface area contributed by atoms with E-state index in [4.69, 9.17) is 9.15 Å². The van der Waals surface area contributed by atoms with Gasteiger partial charge in [-0.1, -0.05) is 17.2 Å². The molecule has 1 saturated heterocycles. The third-order valence-electron chi connectivity index (χ3n) is 3.79. The van der Waals surface area contributed by atoms with Crippen LogP contribution in [0.15, 0.2) is 47.1 Å². The first kappa shape index (κ1) is 14.0. The molecule has 1 atom stereocenters. The fourth-order valence-corrected chi connectivity index (χ4v) is 2.57. The summed E-state index contributed by atoms with van der Waals surface area (Å²) in [6.45, 7) is 1.38. The van der Waals surface area contributed by atoms with Gasteiger partial charge < -0.3 is 14.5 Å². The number of hydrogen-bond donors (Lipinski definition) is 1. The molecule has 1 aromatic carbocycles. The highest BCUT2D eigenvalue weighted by molar-refractivity contribution is 5.35. The van der Waals surface area contributed by atoms with E-state index < -0.39 is 0 Å². The summed E-state index contributed by atoms with van der Waals surface area (Å²) >= 11 is 0. The molecule has 0 bridgehead atoms. The average molecular weight is 311 g/mol. The van der Waals surface area contributed by atoms with Crippen molar-refractivity contribution in [2.45, 2.75) is 25.5 Å². The highest BCUT2D eigenvalue weighted by atomic mass is 16.5. The van der Waals surface area contributed by atoms with Gasteiger partial charge in [-0.3, -0.25) is 0 Å². The zero-order valence-electron chi connectivity index (χ0n) is 12.6. The van der Waals surface area contributed by atoms with Crippen molar-refractivity contribution in [1.82, 2.24) is 20.0 Å². The van der Waals surface area contributed by atoms with Gasteiger partial charge in [-0.2, -0.15) is 5.10 Å². The molecule has 7 nitrogen and oxygen atoms in total. The maximum atomic E-state index is 5.60. The Morgan fingerprint density at radius 3 is 2.87 bits per heavy atom. The first-order chi connectivity index (χ1) is 11.4. The van der Waals surface area contributed by atoms with Crippen LogP contribution in [-0.2, 0) is 11.3 Å². The summed E-state index contributed by atoms with van der Waals surface area (Å²) in [7, 11) is 0. The van der Waals surface area contributed by atoms with Gasteiger partial charge in [0.1, 0.15) is 6.10 Å². The monoisotopic (exact) mass is 311 g/mol. The fourth-order valence-electron chi connectivity index (χ4n) is 2.57. The van der Waals surface area contributed by atoms with Crippen LogP contribution in [0.4, 0.5) is 6.01 Å². The Morgan fingerprint density at radius 1 is 1.22 bits per heavy atom. The predicted molar refractivity (Wildman–Crippen MR) is 83.1 cm³/mol. The molecule has 0 spiro atoms. The lowest BCUT2D eigenvalue weighted by Crippen LogP contribution is -2.00. The molecular formula is C16H17N5O2.